The molecule has 0 radical (unpaired) electrons. The van der Waals surface area contributed by atoms with E-state index in [0.717, 1.165) is 24.0 Å². The molecule has 28 heavy (non-hydrogen) atoms. The molecule has 1 aliphatic rings. The number of ether oxygens (including phenoxy) is 1. The second kappa shape index (κ2) is 9.64. The van der Waals surface area contributed by atoms with Gasteiger partial charge in [0.2, 0.25) is 0 Å². The van der Waals surface area contributed by atoms with E-state index in [1.54, 1.807) is 12.1 Å². The third kappa shape index (κ3) is 5.52. The molecule has 1 fully saturated rings. The number of nitrogens with one attached hydrogen (secondary N) is 1. The lowest BCUT2D eigenvalue weighted by Gasteiger charge is -2.22. The van der Waals surface area contributed by atoms with E-state index in [-0.39, 0.29) is 29.8 Å². The van der Waals surface area contributed by atoms with E-state index in [4.69, 9.17) is 0 Å². The van der Waals surface area contributed by atoms with Crippen LogP contribution in [0.15, 0.2) is 54.6 Å². The van der Waals surface area contributed by atoms with E-state index < -0.39 is 6.61 Å². The van der Waals surface area contributed by atoms with E-state index in [2.05, 4.69) is 10.1 Å². The number of nitrogens with two attached hydrogens (primary N) is 1. The van der Waals surface area contributed by atoms with Crippen LogP contribution in [-0.4, -0.2) is 24.6 Å². The van der Waals surface area contributed by atoms with Gasteiger partial charge in [0, 0.05) is 17.2 Å². The molecule has 150 valence electrons. The van der Waals surface area contributed by atoms with Crippen molar-refractivity contribution in [3.63, 3.8) is 0 Å². The summed E-state index contributed by atoms with van der Waals surface area (Å²) in [4.78, 5) is 12.6. The molecule has 2 atom stereocenters. The topological polar surface area (TPSA) is 54.9 Å². The number of alkyl halides is 2. The second-order valence-electron chi connectivity index (χ2n) is 7.31. The molecular formula is C22H27F2N2O2+. The van der Waals surface area contributed by atoms with Crippen LogP contribution in [0.4, 0.5) is 8.78 Å². The quantitative estimate of drug-likeness (QED) is 0.727. The van der Waals surface area contributed by atoms with Gasteiger partial charge in [-0.25, -0.2) is 0 Å². The Morgan fingerprint density at radius 2 is 1.64 bits per heavy atom. The van der Waals surface area contributed by atoms with Crippen LogP contribution in [0, 0.1) is 0 Å². The highest BCUT2D eigenvalue weighted by Gasteiger charge is 2.27. The normalized spacial score (nSPS) is 16.7. The predicted octanol–water partition coefficient (Wildman–Crippen LogP) is 3.39. The van der Waals surface area contributed by atoms with Crippen LogP contribution in [0.3, 0.4) is 0 Å². The Hall–Kier alpha value is -2.47. The van der Waals surface area contributed by atoms with Crippen LogP contribution in [0.25, 0.3) is 0 Å². The molecule has 3 rings (SSSR count). The van der Waals surface area contributed by atoms with Crippen LogP contribution in [0.1, 0.15) is 49.8 Å². The maximum absolute atomic E-state index is 12.6. The van der Waals surface area contributed by atoms with Crippen molar-refractivity contribution in [3.8, 4) is 5.75 Å². The summed E-state index contributed by atoms with van der Waals surface area (Å²) < 4.78 is 29.2. The highest BCUT2D eigenvalue weighted by Crippen LogP contribution is 2.22. The van der Waals surface area contributed by atoms with Crippen molar-refractivity contribution in [3.05, 3.63) is 65.7 Å². The van der Waals surface area contributed by atoms with Gasteiger partial charge in [-0.15, -0.1) is 0 Å². The Balaban J connectivity index is 1.74. The molecule has 2 aromatic carbocycles. The van der Waals surface area contributed by atoms with Crippen LogP contribution in [-0.2, 0) is 4.79 Å². The molecule has 0 aromatic heterocycles. The Labute approximate surface area is 164 Å². The molecular weight excluding hydrogens is 362 g/mol. The van der Waals surface area contributed by atoms with Crippen molar-refractivity contribution in [2.45, 2.75) is 57.3 Å². The highest BCUT2D eigenvalue weighted by atomic mass is 19.3. The number of amides is 1. The number of rotatable bonds is 8. The summed E-state index contributed by atoms with van der Waals surface area (Å²) in [7, 11) is 0. The minimum absolute atomic E-state index is 0.0329. The SMILES string of the molecule is C[C@H]([NH2+][C@@H](c1ccccc1)c1ccc(OC(F)F)cc1)C(=O)NC1CCCC1. The third-order valence-corrected chi connectivity index (χ3v) is 5.22. The first-order valence-corrected chi connectivity index (χ1v) is 9.78. The molecule has 2 aromatic rings. The molecule has 0 spiro atoms. The van der Waals surface area contributed by atoms with Gasteiger partial charge in [0.15, 0.2) is 6.04 Å². The number of carbonyl (C=O) groups excluding carboxylic acids is 1. The molecule has 4 nitrogen and oxygen atoms in total. The van der Waals surface area contributed by atoms with Gasteiger partial charge < -0.3 is 15.4 Å². The Bertz CT molecular complexity index is 747. The van der Waals surface area contributed by atoms with Crippen LogP contribution in [0.2, 0.25) is 0 Å². The third-order valence-electron chi connectivity index (χ3n) is 5.22. The molecule has 0 heterocycles. The van der Waals surface area contributed by atoms with Crippen molar-refractivity contribution in [2.24, 2.45) is 0 Å². The number of halogens is 2. The van der Waals surface area contributed by atoms with Gasteiger partial charge in [-0.1, -0.05) is 43.2 Å². The number of hydrogen-bond acceptors (Lipinski definition) is 2. The molecule has 0 aliphatic heterocycles. The zero-order valence-corrected chi connectivity index (χ0v) is 16.0. The van der Waals surface area contributed by atoms with Gasteiger partial charge in [0.1, 0.15) is 11.8 Å². The van der Waals surface area contributed by atoms with Gasteiger partial charge in [-0.05, 0) is 44.0 Å². The molecule has 6 heteroatoms. The summed E-state index contributed by atoms with van der Waals surface area (Å²) in [5.41, 5.74) is 1.97. The Morgan fingerprint density at radius 3 is 2.25 bits per heavy atom. The fourth-order valence-corrected chi connectivity index (χ4v) is 3.71. The summed E-state index contributed by atoms with van der Waals surface area (Å²) in [5, 5.41) is 5.16. The lowest BCUT2D eigenvalue weighted by atomic mass is 9.97. The molecule has 3 N–H and O–H groups in total. The maximum Gasteiger partial charge on any atom is 0.387 e. The van der Waals surface area contributed by atoms with E-state index in [9.17, 15) is 13.6 Å². The summed E-state index contributed by atoms with van der Waals surface area (Å²) in [6.07, 6.45) is 4.43. The molecule has 1 amide bonds. The zero-order valence-electron chi connectivity index (χ0n) is 16.0. The second-order valence-corrected chi connectivity index (χ2v) is 7.31. The first-order chi connectivity index (χ1) is 13.5. The van der Waals surface area contributed by atoms with Gasteiger partial charge in [0.05, 0.1) is 0 Å². The van der Waals surface area contributed by atoms with Crippen LogP contribution in [0.5, 0.6) is 5.75 Å². The average Bonchev–Trinajstić information content (AvgIpc) is 3.20. The predicted molar refractivity (Wildman–Crippen MR) is 103 cm³/mol. The largest absolute Gasteiger partial charge is 0.435 e. The number of hydrogen-bond donors (Lipinski definition) is 2. The number of benzene rings is 2. The van der Waals surface area contributed by atoms with Crippen molar-refractivity contribution in [1.29, 1.82) is 0 Å². The number of carbonyl (C=O) groups is 1. The van der Waals surface area contributed by atoms with E-state index in [0.29, 0.717) is 0 Å². The minimum Gasteiger partial charge on any atom is -0.435 e. The standard InChI is InChI=1S/C22H26F2N2O2/c1-15(21(27)26-18-9-5-6-10-18)25-20(16-7-3-2-4-8-16)17-11-13-19(14-12-17)28-22(23)24/h2-4,7-8,11-15,18,20,22,25H,5-6,9-10H2,1H3,(H,26,27)/p+1/t15-,20-/m0/s1. The molecule has 1 saturated carbocycles. The fraction of sp³-hybridized carbons (Fsp3) is 0.409. The summed E-state index contributed by atoms with van der Waals surface area (Å²) in [6, 6.07) is 16.4. The first-order valence-electron chi connectivity index (χ1n) is 9.78. The van der Waals surface area contributed by atoms with Crippen molar-refractivity contribution >= 4 is 5.91 Å². The van der Waals surface area contributed by atoms with Crippen LogP contribution >= 0.6 is 0 Å². The Kier molecular flexibility index (Phi) is 6.98. The first kappa shape index (κ1) is 20.3. The van der Waals surface area contributed by atoms with Crippen LogP contribution < -0.4 is 15.4 Å². The van der Waals surface area contributed by atoms with E-state index >= 15 is 0 Å². The smallest absolute Gasteiger partial charge is 0.387 e. The van der Waals surface area contributed by atoms with E-state index in [1.165, 1.54) is 25.0 Å². The summed E-state index contributed by atoms with van der Waals surface area (Å²) in [5.74, 6) is 0.156. The maximum atomic E-state index is 12.6. The monoisotopic (exact) mass is 389 g/mol. The molecule has 0 unspecified atom stereocenters. The van der Waals surface area contributed by atoms with Crippen molar-refractivity contribution < 1.29 is 23.6 Å². The number of quaternary nitrogens is 1. The fourth-order valence-electron chi connectivity index (χ4n) is 3.71. The molecule has 0 bridgehead atoms. The van der Waals surface area contributed by atoms with E-state index in [1.807, 2.05) is 42.6 Å². The zero-order chi connectivity index (χ0) is 19.9. The van der Waals surface area contributed by atoms with Gasteiger partial charge in [-0.3, -0.25) is 4.79 Å². The minimum atomic E-state index is -2.85. The van der Waals surface area contributed by atoms with Gasteiger partial charge >= 0.3 is 6.61 Å². The molecule has 0 saturated heterocycles. The average molecular weight is 389 g/mol. The van der Waals surface area contributed by atoms with Crippen molar-refractivity contribution in [1.82, 2.24) is 5.32 Å². The molecule has 1 aliphatic carbocycles. The summed E-state index contributed by atoms with van der Waals surface area (Å²) in [6.45, 7) is -0.948. The highest BCUT2D eigenvalue weighted by molar-refractivity contribution is 5.80. The summed E-state index contributed by atoms with van der Waals surface area (Å²) >= 11 is 0. The van der Waals surface area contributed by atoms with Crippen molar-refractivity contribution in [2.75, 3.05) is 0 Å². The van der Waals surface area contributed by atoms with Gasteiger partial charge in [-0.2, -0.15) is 8.78 Å². The Morgan fingerprint density at radius 1 is 1.04 bits per heavy atom. The van der Waals surface area contributed by atoms with Gasteiger partial charge in [0.25, 0.3) is 5.91 Å². The lowest BCUT2D eigenvalue weighted by molar-refractivity contribution is -0.704. The lowest BCUT2D eigenvalue weighted by Crippen LogP contribution is -2.93.